The number of nitrogens with zero attached hydrogens (tertiary/aromatic N) is 3. The lowest BCUT2D eigenvalue weighted by atomic mass is 9.69. The lowest BCUT2D eigenvalue weighted by Gasteiger charge is -2.32. The van der Waals surface area contributed by atoms with Gasteiger partial charge in [-0.2, -0.15) is 0 Å². The van der Waals surface area contributed by atoms with Gasteiger partial charge in [0.05, 0.1) is 22.1 Å². The smallest absolute Gasteiger partial charge is 0.122 e. The summed E-state index contributed by atoms with van der Waals surface area (Å²) in [5, 5.41) is 3.73. The minimum atomic E-state index is -0.554. The van der Waals surface area contributed by atoms with E-state index in [-0.39, 0.29) is 0 Å². The third-order valence-electron chi connectivity index (χ3n) is 12.1. The van der Waals surface area contributed by atoms with Gasteiger partial charge in [-0.25, -0.2) is 0 Å². The molecule has 0 unspecified atom stereocenters. The maximum absolute atomic E-state index is 6.30. The number of H-pyrrole nitrogens is 1. The second-order valence-electron chi connectivity index (χ2n) is 14.8. The Morgan fingerprint density at radius 3 is 1.91 bits per heavy atom. The van der Waals surface area contributed by atoms with Gasteiger partial charge in [-0.1, -0.05) is 122 Å². The average Bonchev–Trinajstić information content (AvgIpc) is 4.02. The standard InChI is InChI=1S/C51H39N5/c1-2-39-40-29-31-54-50(40)56(46(39)32-52)38-25-21-34(22-26-38)33-19-23-37(24-20-33)55-44-18-10-9-16-41(44)48-45(55)28-27-43-47(48)42-17-11-30-53-49(42)51(43,35-12-5-3-6-13-35)36-14-7-4-8-15-36/h3-31,54H,2,32,52H2,1H3. The topological polar surface area (TPSA) is 64.6 Å². The van der Waals surface area contributed by atoms with Crippen molar-refractivity contribution >= 4 is 32.8 Å². The normalized spacial score (nSPS) is 13.1. The first-order chi connectivity index (χ1) is 27.7. The highest BCUT2D eigenvalue weighted by atomic mass is 15.1. The van der Waals surface area contributed by atoms with Gasteiger partial charge in [0.25, 0.3) is 0 Å². The zero-order valence-electron chi connectivity index (χ0n) is 31.1. The number of hydrogen-bond acceptors (Lipinski definition) is 2. The summed E-state index contributed by atoms with van der Waals surface area (Å²) < 4.78 is 4.70. The van der Waals surface area contributed by atoms with Crippen LogP contribution < -0.4 is 5.73 Å². The zero-order valence-corrected chi connectivity index (χ0v) is 31.1. The summed E-state index contributed by atoms with van der Waals surface area (Å²) in [4.78, 5) is 8.65. The molecule has 10 aromatic rings. The van der Waals surface area contributed by atoms with E-state index in [9.17, 15) is 0 Å². The molecule has 5 heteroatoms. The van der Waals surface area contributed by atoms with Gasteiger partial charge in [0, 0.05) is 57.7 Å². The van der Waals surface area contributed by atoms with Crippen LogP contribution in [-0.2, 0) is 18.4 Å². The van der Waals surface area contributed by atoms with Crippen molar-refractivity contribution < 1.29 is 0 Å². The number of aromatic nitrogens is 4. The van der Waals surface area contributed by atoms with Crippen LogP contribution in [0.1, 0.15) is 40.6 Å². The fourth-order valence-corrected chi connectivity index (χ4v) is 9.81. The molecule has 0 fully saturated rings. The predicted octanol–water partition coefficient (Wildman–Crippen LogP) is 11.5. The van der Waals surface area contributed by atoms with E-state index in [2.05, 4.69) is 185 Å². The minimum Gasteiger partial charge on any atom is -0.347 e. The molecule has 0 aliphatic heterocycles. The second kappa shape index (κ2) is 12.6. The van der Waals surface area contributed by atoms with E-state index in [1.807, 2.05) is 12.4 Å². The molecule has 3 N–H and O–H groups in total. The zero-order chi connectivity index (χ0) is 37.4. The van der Waals surface area contributed by atoms with Gasteiger partial charge in [-0.15, -0.1) is 0 Å². The number of nitrogens with one attached hydrogen (secondary N) is 1. The Bertz CT molecular complexity index is 3030. The Hall–Kier alpha value is -6.95. The highest BCUT2D eigenvalue weighted by Gasteiger charge is 2.48. The fraction of sp³-hybridized carbons (Fsp3) is 0.0784. The Kier molecular flexibility index (Phi) is 7.28. The number of hydrogen-bond donors (Lipinski definition) is 2. The molecular weight excluding hydrogens is 683 g/mol. The van der Waals surface area contributed by atoms with Crippen LogP contribution in [0.2, 0.25) is 0 Å². The van der Waals surface area contributed by atoms with Crippen LogP contribution in [0.25, 0.3) is 66.5 Å². The van der Waals surface area contributed by atoms with E-state index in [1.165, 1.54) is 71.7 Å². The molecule has 11 rings (SSSR count). The Morgan fingerprint density at radius 2 is 1.25 bits per heavy atom. The molecule has 1 aliphatic carbocycles. The summed E-state index contributed by atoms with van der Waals surface area (Å²) in [6, 6.07) is 59.6. The van der Waals surface area contributed by atoms with Crippen LogP contribution in [-0.4, -0.2) is 19.1 Å². The van der Waals surface area contributed by atoms with Gasteiger partial charge in [0.1, 0.15) is 5.65 Å². The van der Waals surface area contributed by atoms with E-state index in [1.54, 1.807) is 0 Å². The van der Waals surface area contributed by atoms with Crippen LogP contribution in [0, 0.1) is 0 Å². The van der Waals surface area contributed by atoms with E-state index in [4.69, 9.17) is 10.7 Å². The molecule has 6 aromatic carbocycles. The molecule has 5 nitrogen and oxygen atoms in total. The lowest BCUT2D eigenvalue weighted by molar-refractivity contribution is 0.738. The molecule has 0 saturated carbocycles. The van der Waals surface area contributed by atoms with Crippen molar-refractivity contribution in [2.24, 2.45) is 5.73 Å². The van der Waals surface area contributed by atoms with Crippen molar-refractivity contribution in [3.63, 3.8) is 0 Å². The van der Waals surface area contributed by atoms with E-state index in [0.717, 1.165) is 34.8 Å². The van der Waals surface area contributed by atoms with E-state index >= 15 is 0 Å². The molecule has 0 saturated heterocycles. The SMILES string of the molecule is CCc1c(CN)n(-c2ccc(-c3ccc(-n4c5ccccc5c5c6c(ccc54)C(c4ccccc4)(c4ccccc4)c4ncccc4-6)cc3)cc2)c2[nH]ccc12. The molecule has 0 radical (unpaired) electrons. The van der Waals surface area contributed by atoms with Gasteiger partial charge in [-0.05, 0) is 93.9 Å². The summed E-state index contributed by atoms with van der Waals surface area (Å²) in [5.74, 6) is 0. The third-order valence-corrected chi connectivity index (χ3v) is 12.1. The largest absolute Gasteiger partial charge is 0.347 e. The van der Waals surface area contributed by atoms with Gasteiger partial charge >= 0.3 is 0 Å². The van der Waals surface area contributed by atoms with E-state index in [0.29, 0.717) is 6.54 Å². The van der Waals surface area contributed by atoms with Crippen molar-refractivity contribution in [1.82, 2.24) is 19.1 Å². The maximum atomic E-state index is 6.30. The highest BCUT2D eigenvalue weighted by molar-refractivity contribution is 6.18. The molecule has 1 aliphatic rings. The molecule has 0 amide bonds. The summed E-state index contributed by atoms with van der Waals surface area (Å²) in [7, 11) is 0. The van der Waals surface area contributed by atoms with Crippen molar-refractivity contribution in [3.8, 4) is 33.6 Å². The molecule has 56 heavy (non-hydrogen) atoms. The number of aryl methyl sites for hydroxylation is 1. The molecule has 4 aromatic heterocycles. The molecular formula is C51H39N5. The summed E-state index contributed by atoms with van der Waals surface area (Å²) in [6.45, 7) is 2.69. The molecule has 4 heterocycles. The number of fused-ring (bicyclic) bond motifs is 8. The number of pyridine rings is 1. The van der Waals surface area contributed by atoms with Gasteiger partial charge in [0.2, 0.25) is 0 Å². The number of nitrogens with two attached hydrogens (primary N) is 1. The summed E-state index contributed by atoms with van der Waals surface area (Å²) in [5.41, 5.74) is 23.5. The number of benzene rings is 6. The fourth-order valence-electron chi connectivity index (χ4n) is 9.81. The van der Waals surface area contributed by atoms with Crippen LogP contribution in [0.3, 0.4) is 0 Å². The maximum Gasteiger partial charge on any atom is 0.122 e. The van der Waals surface area contributed by atoms with Crippen LogP contribution in [0.15, 0.2) is 176 Å². The first-order valence-corrected chi connectivity index (χ1v) is 19.5. The Balaban J connectivity index is 1.06. The second-order valence-corrected chi connectivity index (χ2v) is 14.8. The number of para-hydroxylation sites is 1. The first kappa shape index (κ1) is 32.5. The molecule has 0 spiro atoms. The quantitative estimate of drug-likeness (QED) is 0.172. The minimum absolute atomic E-state index is 0.491. The molecule has 0 atom stereocenters. The third kappa shape index (κ3) is 4.43. The summed E-state index contributed by atoms with van der Waals surface area (Å²) in [6.07, 6.45) is 4.90. The average molecular weight is 722 g/mol. The van der Waals surface area contributed by atoms with Crippen LogP contribution in [0.5, 0.6) is 0 Å². The number of aromatic amines is 1. The van der Waals surface area contributed by atoms with E-state index < -0.39 is 5.41 Å². The molecule has 0 bridgehead atoms. The van der Waals surface area contributed by atoms with Gasteiger partial charge < -0.3 is 15.3 Å². The number of rotatable bonds is 7. The molecule has 268 valence electrons. The first-order valence-electron chi connectivity index (χ1n) is 19.5. The highest BCUT2D eigenvalue weighted by Crippen LogP contribution is 2.58. The van der Waals surface area contributed by atoms with Crippen LogP contribution in [0.4, 0.5) is 0 Å². The lowest BCUT2D eigenvalue weighted by Crippen LogP contribution is -2.29. The Labute approximate surface area is 325 Å². The Morgan fingerprint density at radius 1 is 0.607 bits per heavy atom. The van der Waals surface area contributed by atoms with Crippen molar-refractivity contribution in [3.05, 3.63) is 210 Å². The predicted molar refractivity (Wildman–Crippen MR) is 230 cm³/mol. The van der Waals surface area contributed by atoms with Gasteiger partial charge in [-0.3, -0.25) is 9.55 Å². The summed E-state index contributed by atoms with van der Waals surface area (Å²) >= 11 is 0. The van der Waals surface area contributed by atoms with Crippen molar-refractivity contribution in [2.75, 3.05) is 0 Å². The monoisotopic (exact) mass is 721 g/mol. The van der Waals surface area contributed by atoms with Crippen molar-refractivity contribution in [2.45, 2.75) is 25.3 Å². The van der Waals surface area contributed by atoms with Gasteiger partial charge in [0.15, 0.2) is 0 Å². The van der Waals surface area contributed by atoms with Crippen LogP contribution >= 0.6 is 0 Å². The van der Waals surface area contributed by atoms with Crippen molar-refractivity contribution in [1.29, 1.82) is 0 Å².